The molecule has 6 nitrogen and oxygen atoms in total. The summed E-state index contributed by atoms with van der Waals surface area (Å²) in [6.07, 6.45) is 6.44. The summed E-state index contributed by atoms with van der Waals surface area (Å²) in [5, 5.41) is 19.6. The number of hydrogen-bond acceptors (Lipinski definition) is 5. The van der Waals surface area contributed by atoms with Crippen molar-refractivity contribution in [1.82, 2.24) is 25.1 Å². The molecule has 31 heavy (non-hydrogen) atoms. The van der Waals surface area contributed by atoms with Crippen LogP contribution in [0.5, 0.6) is 5.75 Å². The van der Waals surface area contributed by atoms with Crippen LogP contribution < -0.4 is 0 Å². The first-order valence-corrected chi connectivity index (χ1v) is 11.0. The highest BCUT2D eigenvalue weighted by molar-refractivity contribution is 7.11. The minimum Gasteiger partial charge on any atom is -0.506 e. The van der Waals surface area contributed by atoms with E-state index in [1.807, 2.05) is 12.1 Å². The van der Waals surface area contributed by atoms with E-state index < -0.39 is 0 Å². The van der Waals surface area contributed by atoms with Gasteiger partial charge in [-0.3, -0.25) is 10.1 Å². The monoisotopic (exact) mass is 425 g/mol. The van der Waals surface area contributed by atoms with Crippen LogP contribution in [0.2, 0.25) is 0 Å². The molecule has 1 aliphatic carbocycles. The lowest BCUT2D eigenvalue weighted by atomic mass is 9.89. The van der Waals surface area contributed by atoms with Crippen LogP contribution in [-0.4, -0.2) is 30.3 Å². The Kier molecular flexibility index (Phi) is 4.04. The molecule has 0 fully saturated rings. The van der Waals surface area contributed by atoms with Crippen LogP contribution in [0.3, 0.4) is 0 Å². The SMILES string of the molecule is CC1C=C(c2cccs2)c2cc(-c3n[nH]c4ccc(-c5cncc(O)c5)nc34)[nH]c2C1. The maximum absolute atomic E-state index is 9.78. The van der Waals surface area contributed by atoms with Gasteiger partial charge in [-0.15, -0.1) is 11.3 Å². The Morgan fingerprint density at radius 3 is 2.94 bits per heavy atom. The Morgan fingerprint density at radius 1 is 1.16 bits per heavy atom. The molecule has 0 bridgehead atoms. The van der Waals surface area contributed by atoms with E-state index in [0.29, 0.717) is 5.92 Å². The van der Waals surface area contributed by atoms with Gasteiger partial charge >= 0.3 is 0 Å². The summed E-state index contributed by atoms with van der Waals surface area (Å²) >= 11 is 1.76. The number of aromatic nitrogens is 5. The Bertz CT molecular complexity index is 1440. The molecule has 1 unspecified atom stereocenters. The minimum absolute atomic E-state index is 0.117. The fraction of sp³-hybridized carbons (Fsp3) is 0.125. The number of allylic oxidation sites excluding steroid dienone is 1. The third kappa shape index (κ3) is 3.05. The lowest BCUT2D eigenvalue weighted by Crippen LogP contribution is -2.06. The van der Waals surface area contributed by atoms with E-state index >= 15 is 0 Å². The summed E-state index contributed by atoms with van der Waals surface area (Å²) in [4.78, 5) is 13.8. The topological polar surface area (TPSA) is 90.5 Å². The second-order valence-electron chi connectivity index (χ2n) is 7.91. The average molecular weight is 426 g/mol. The number of aromatic amines is 2. The number of nitrogens with zero attached hydrogens (tertiary/aromatic N) is 3. The number of pyridine rings is 2. The number of rotatable bonds is 3. The quantitative estimate of drug-likeness (QED) is 0.361. The van der Waals surface area contributed by atoms with Crippen LogP contribution in [0.25, 0.3) is 39.3 Å². The van der Waals surface area contributed by atoms with Crippen molar-refractivity contribution in [3.63, 3.8) is 0 Å². The standard InChI is InChI=1S/C24H19N5OS/c1-13-7-17(22-3-2-6-31-22)16-10-21(26-20(16)8-13)24-23-19(28-29-24)5-4-18(27-23)14-9-15(30)12-25-11-14/h2-7,9-13,26,30H,8H2,1H3,(H,28,29). The fourth-order valence-corrected chi connectivity index (χ4v) is 5.01. The van der Waals surface area contributed by atoms with Gasteiger partial charge in [0.15, 0.2) is 0 Å². The molecule has 0 aromatic carbocycles. The Hall–Kier alpha value is -3.71. The van der Waals surface area contributed by atoms with Gasteiger partial charge in [-0.1, -0.05) is 19.1 Å². The Morgan fingerprint density at radius 2 is 2.10 bits per heavy atom. The second-order valence-corrected chi connectivity index (χ2v) is 8.86. The zero-order valence-electron chi connectivity index (χ0n) is 16.8. The van der Waals surface area contributed by atoms with Crippen LogP contribution in [0.1, 0.15) is 23.1 Å². The summed E-state index contributed by atoms with van der Waals surface area (Å²) in [5.74, 6) is 0.584. The molecule has 0 saturated heterocycles. The first kappa shape index (κ1) is 18.1. The van der Waals surface area contributed by atoms with Crippen molar-refractivity contribution < 1.29 is 5.11 Å². The second kappa shape index (κ2) is 6.92. The van der Waals surface area contributed by atoms with Crippen LogP contribution in [-0.2, 0) is 6.42 Å². The van der Waals surface area contributed by atoms with Gasteiger partial charge in [0.25, 0.3) is 0 Å². The van der Waals surface area contributed by atoms with E-state index in [1.54, 1.807) is 23.6 Å². The average Bonchev–Trinajstić information content (AvgIpc) is 3.51. The highest BCUT2D eigenvalue weighted by Crippen LogP contribution is 2.39. The van der Waals surface area contributed by atoms with Crippen LogP contribution in [0.4, 0.5) is 0 Å². The molecule has 0 saturated carbocycles. The van der Waals surface area contributed by atoms with Crippen molar-refractivity contribution in [3.8, 4) is 28.4 Å². The molecule has 0 spiro atoms. The van der Waals surface area contributed by atoms with Gasteiger partial charge in [0.1, 0.15) is 17.0 Å². The summed E-state index contributed by atoms with van der Waals surface area (Å²) in [5.41, 5.74) is 8.64. The maximum atomic E-state index is 9.78. The molecule has 1 aliphatic rings. The molecule has 152 valence electrons. The number of fused-ring (bicyclic) bond motifs is 2. The fourth-order valence-electron chi connectivity index (χ4n) is 4.24. The third-order valence-electron chi connectivity index (χ3n) is 5.64. The van der Waals surface area contributed by atoms with E-state index in [0.717, 1.165) is 40.1 Å². The van der Waals surface area contributed by atoms with Crippen molar-refractivity contribution >= 4 is 27.9 Å². The van der Waals surface area contributed by atoms with Gasteiger partial charge in [0.2, 0.25) is 0 Å². The Balaban J connectivity index is 1.47. The van der Waals surface area contributed by atoms with E-state index in [9.17, 15) is 5.11 Å². The summed E-state index contributed by atoms with van der Waals surface area (Å²) in [7, 11) is 0. The normalized spacial score (nSPS) is 15.8. The van der Waals surface area contributed by atoms with Crippen molar-refractivity contribution in [2.24, 2.45) is 5.92 Å². The lowest BCUT2D eigenvalue weighted by Gasteiger charge is -2.17. The number of hydrogen-bond donors (Lipinski definition) is 3. The van der Waals surface area contributed by atoms with Crippen molar-refractivity contribution in [2.75, 3.05) is 0 Å². The Labute approximate surface area is 182 Å². The first-order chi connectivity index (χ1) is 15.2. The molecule has 3 N–H and O–H groups in total. The number of thiophene rings is 1. The predicted octanol–water partition coefficient (Wildman–Crippen LogP) is 5.41. The zero-order chi connectivity index (χ0) is 20.9. The van der Waals surface area contributed by atoms with Gasteiger partial charge in [-0.25, -0.2) is 4.98 Å². The van der Waals surface area contributed by atoms with Gasteiger partial charge < -0.3 is 10.1 Å². The van der Waals surface area contributed by atoms with E-state index in [4.69, 9.17) is 4.98 Å². The molecular formula is C24H19N5OS. The van der Waals surface area contributed by atoms with E-state index in [1.165, 1.54) is 27.9 Å². The molecular weight excluding hydrogens is 406 g/mol. The van der Waals surface area contributed by atoms with E-state index in [2.05, 4.69) is 56.7 Å². The summed E-state index contributed by atoms with van der Waals surface area (Å²) in [6, 6.07) is 12.0. The molecule has 1 atom stereocenters. The van der Waals surface area contributed by atoms with Crippen molar-refractivity contribution in [1.29, 1.82) is 0 Å². The zero-order valence-corrected chi connectivity index (χ0v) is 17.6. The predicted molar refractivity (Wildman–Crippen MR) is 123 cm³/mol. The molecule has 5 heterocycles. The highest BCUT2D eigenvalue weighted by Gasteiger charge is 2.23. The molecule has 0 amide bonds. The molecule has 5 aromatic heterocycles. The van der Waals surface area contributed by atoms with Crippen molar-refractivity contribution in [2.45, 2.75) is 13.3 Å². The lowest BCUT2D eigenvalue weighted by molar-refractivity contribution is 0.473. The maximum Gasteiger partial charge on any atom is 0.135 e. The number of aromatic hydroxyl groups is 1. The van der Waals surface area contributed by atoms with E-state index in [-0.39, 0.29) is 5.75 Å². The summed E-state index contributed by atoms with van der Waals surface area (Å²) < 4.78 is 0. The molecule has 0 aliphatic heterocycles. The molecule has 5 aromatic rings. The van der Waals surface area contributed by atoms with Crippen LogP contribution >= 0.6 is 11.3 Å². The highest BCUT2D eigenvalue weighted by atomic mass is 32.1. The molecule has 7 heteroatoms. The first-order valence-electron chi connectivity index (χ1n) is 10.1. The number of H-pyrrole nitrogens is 2. The number of nitrogens with one attached hydrogen (secondary N) is 2. The molecule has 0 radical (unpaired) electrons. The van der Waals surface area contributed by atoms with Gasteiger partial charge in [-0.05, 0) is 53.6 Å². The smallest absolute Gasteiger partial charge is 0.135 e. The minimum atomic E-state index is 0.117. The van der Waals surface area contributed by atoms with Gasteiger partial charge in [-0.2, -0.15) is 5.10 Å². The van der Waals surface area contributed by atoms with Crippen LogP contribution in [0.15, 0.2) is 60.2 Å². The molecule has 6 rings (SSSR count). The summed E-state index contributed by atoms with van der Waals surface area (Å²) in [6.45, 7) is 2.25. The largest absolute Gasteiger partial charge is 0.506 e. The third-order valence-corrected chi connectivity index (χ3v) is 6.54. The van der Waals surface area contributed by atoms with Crippen LogP contribution in [0, 0.1) is 5.92 Å². The van der Waals surface area contributed by atoms with Gasteiger partial charge in [0.05, 0.1) is 23.1 Å². The van der Waals surface area contributed by atoms with Crippen molar-refractivity contribution in [3.05, 3.63) is 76.4 Å². The van der Waals surface area contributed by atoms with Gasteiger partial charge in [0, 0.05) is 27.9 Å².